The van der Waals surface area contributed by atoms with Gasteiger partial charge in [-0.15, -0.1) is 0 Å². The van der Waals surface area contributed by atoms with Gasteiger partial charge >= 0.3 is 5.97 Å². The molecule has 13 nitrogen and oxygen atoms in total. The molecule has 0 atom stereocenters. The summed E-state index contributed by atoms with van der Waals surface area (Å²) in [6.07, 6.45) is 0.347. The number of anilines is 1. The summed E-state index contributed by atoms with van der Waals surface area (Å²) in [6, 6.07) is 10.2. The maximum Gasteiger partial charge on any atom is 0.328 e. The number of carbonyl (C=O) groups is 2. The van der Waals surface area contributed by atoms with Crippen molar-refractivity contribution in [1.82, 2.24) is 9.88 Å². The molecule has 1 aliphatic rings. The van der Waals surface area contributed by atoms with E-state index in [2.05, 4.69) is 9.98 Å². The minimum absolute atomic E-state index is 0.0199. The number of amides is 1. The van der Waals surface area contributed by atoms with E-state index in [-0.39, 0.29) is 48.7 Å². The van der Waals surface area contributed by atoms with Gasteiger partial charge in [0.25, 0.3) is 11.8 Å². The SMILES string of the molecule is CN1CCN=C1c1cccc(Oc2nc(Oc3cc(C(=N)N)ccc3O)c(F)c(N(CCCCC(N)=O)C(C)(C)C(=O)O)c2F)c1. The Bertz CT molecular complexity index is 1700. The number of unbranched alkanes of at least 4 members (excludes halogenated alkanes) is 1. The number of nitrogens with one attached hydrogen (secondary N) is 1. The molecule has 3 aromatic rings. The summed E-state index contributed by atoms with van der Waals surface area (Å²) in [4.78, 5) is 35.0. The minimum Gasteiger partial charge on any atom is -0.504 e. The van der Waals surface area contributed by atoms with Crippen LogP contribution in [-0.4, -0.2) is 75.9 Å². The number of halogens is 2. The van der Waals surface area contributed by atoms with Crippen molar-refractivity contribution in [3.63, 3.8) is 0 Å². The van der Waals surface area contributed by atoms with Gasteiger partial charge in [-0.2, -0.15) is 13.8 Å². The average molecular weight is 640 g/mol. The van der Waals surface area contributed by atoms with Gasteiger partial charge < -0.3 is 41.0 Å². The Morgan fingerprint density at radius 3 is 2.39 bits per heavy atom. The number of carbonyl (C=O) groups excluding carboxylic acids is 1. The van der Waals surface area contributed by atoms with Gasteiger partial charge in [-0.3, -0.25) is 15.2 Å². The van der Waals surface area contributed by atoms with E-state index in [1.807, 2.05) is 11.9 Å². The number of nitrogens with zero attached hydrogens (tertiary/aromatic N) is 4. The lowest BCUT2D eigenvalue weighted by Crippen LogP contribution is -2.51. The first kappa shape index (κ1) is 33.4. The number of aliphatic imine (C=N–C) groups is 1. The van der Waals surface area contributed by atoms with Crippen LogP contribution in [0.2, 0.25) is 0 Å². The number of amidine groups is 2. The summed E-state index contributed by atoms with van der Waals surface area (Å²) >= 11 is 0. The second-order valence-electron chi connectivity index (χ2n) is 11.1. The molecule has 0 aliphatic carbocycles. The maximum atomic E-state index is 16.4. The number of hydrogen-bond donors (Lipinski definition) is 5. The van der Waals surface area contributed by atoms with Gasteiger partial charge in [0.15, 0.2) is 11.5 Å². The summed E-state index contributed by atoms with van der Waals surface area (Å²) in [5.74, 6) is -6.71. The number of aromatic hydroxyl groups is 1. The Hall–Kier alpha value is -5.47. The number of hydrogen-bond acceptors (Lipinski definition) is 10. The zero-order valence-corrected chi connectivity index (χ0v) is 25.5. The highest BCUT2D eigenvalue weighted by Crippen LogP contribution is 2.42. The molecule has 2 aromatic carbocycles. The van der Waals surface area contributed by atoms with E-state index >= 15 is 8.78 Å². The number of aromatic nitrogens is 1. The molecule has 15 heteroatoms. The van der Waals surface area contributed by atoms with Crippen molar-refractivity contribution in [2.24, 2.45) is 16.5 Å². The number of nitrogens with two attached hydrogens (primary N) is 2. The smallest absolute Gasteiger partial charge is 0.328 e. The van der Waals surface area contributed by atoms with Crippen molar-refractivity contribution >= 4 is 29.2 Å². The van der Waals surface area contributed by atoms with Crippen LogP contribution in [-0.2, 0) is 9.59 Å². The third kappa shape index (κ3) is 7.25. The molecule has 1 aliphatic heterocycles. The van der Waals surface area contributed by atoms with E-state index in [1.165, 1.54) is 32.0 Å². The molecule has 0 bridgehead atoms. The molecule has 0 unspecified atom stereocenters. The first-order chi connectivity index (χ1) is 21.7. The van der Waals surface area contributed by atoms with Gasteiger partial charge in [0.2, 0.25) is 17.5 Å². The Balaban J connectivity index is 1.87. The van der Waals surface area contributed by atoms with Crippen molar-refractivity contribution in [3.05, 3.63) is 65.2 Å². The molecule has 0 saturated heterocycles. The Labute approximate surface area is 263 Å². The van der Waals surface area contributed by atoms with E-state index < -0.39 is 52.2 Å². The molecule has 0 fully saturated rings. The number of pyridine rings is 1. The van der Waals surface area contributed by atoms with Crippen LogP contribution in [0.25, 0.3) is 0 Å². The molecule has 244 valence electrons. The number of phenolic OH excluding ortho intramolecular Hbond substituents is 1. The van der Waals surface area contributed by atoms with Crippen LogP contribution >= 0.6 is 0 Å². The number of nitrogen functional groups attached to an aromatic ring is 1. The lowest BCUT2D eigenvalue weighted by atomic mass is 10.0. The number of aliphatic carboxylic acids is 1. The zero-order valence-electron chi connectivity index (χ0n) is 25.5. The van der Waals surface area contributed by atoms with E-state index in [4.69, 9.17) is 26.4 Å². The van der Waals surface area contributed by atoms with Crippen LogP contribution in [0.4, 0.5) is 14.5 Å². The lowest BCUT2D eigenvalue weighted by Gasteiger charge is -2.37. The highest BCUT2D eigenvalue weighted by atomic mass is 19.1. The molecule has 0 saturated carbocycles. The van der Waals surface area contributed by atoms with Crippen LogP contribution in [0.5, 0.6) is 29.0 Å². The fraction of sp³-hybridized carbons (Fsp3) is 0.323. The summed E-state index contributed by atoms with van der Waals surface area (Å²) in [6.45, 7) is 3.62. The number of likely N-dealkylation sites (N-methyl/N-ethyl adjacent to an activating group) is 1. The molecule has 7 N–H and O–H groups in total. The van der Waals surface area contributed by atoms with Crippen molar-refractivity contribution in [3.8, 4) is 29.0 Å². The van der Waals surface area contributed by atoms with Gasteiger partial charge in [0.05, 0.1) is 6.54 Å². The fourth-order valence-corrected chi connectivity index (χ4v) is 4.74. The van der Waals surface area contributed by atoms with Crippen LogP contribution in [0, 0.1) is 17.0 Å². The number of ether oxygens (including phenoxy) is 2. The van der Waals surface area contributed by atoms with Gasteiger partial charge in [0, 0.05) is 37.7 Å². The van der Waals surface area contributed by atoms with Gasteiger partial charge in [-0.25, -0.2) is 4.79 Å². The molecule has 0 radical (unpaired) electrons. The molecule has 46 heavy (non-hydrogen) atoms. The number of rotatable bonds is 14. The number of primary amides is 1. The third-order valence-electron chi connectivity index (χ3n) is 7.36. The number of benzene rings is 2. The summed E-state index contributed by atoms with van der Waals surface area (Å²) in [5.41, 5.74) is 8.87. The molecule has 4 rings (SSSR count). The zero-order chi connectivity index (χ0) is 33.8. The normalized spacial score (nSPS) is 12.9. The van der Waals surface area contributed by atoms with Crippen molar-refractivity contribution in [2.45, 2.75) is 38.6 Å². The number of carboxylic acids is 1. The Kier molecular flexibility index (Phi) is 9.93. The summed E-state index contributed by atoms with van der Waals surface area (Å²) in [5, 5.41) is 28.2. The summed E-state index contributed by atoms with van der Waals surface area (Å²) < 4.78 is 44.2. The molecule has 1 amide bonds. The van der Waals surface area contributed by atoms with E-state index in [1.54, 1.807) is 18.2 Å². The summed E-state index contributed by atoms with van der Waals surface area (Å²) in [7, 11) is 1.87. The van der Waals surface area contributed by atoms with Crippen LogP contribution in [0.15, 0.2) is 47.5 Å². The standard InChI is InChI=1S/C31H35F2N7O6/c1-31(2,30(43)44)40(13-5-4-9-22(34)42)25-23(32)28(45-19-8-6-7-18(15-19)27-37-12-14-39(27)3)38-29(24(25)33)46-21-16-17(26(35)36)10-11-20(21)41/h6-8,10-11,15-16,41H,4-5,9,12-14H2,1-3H3,(H2,34,42)(H3,35,36)(H,43,44). The Morgan fingerprint density at radius 1 is 1.09 bits per heavy atom. The average Bonchev–Trinajstić information content (AvgIpc) is 3.43. The highest BCUT2D eigenvalue weighted by Gasteiger charge is 2.40. The molecule has 2 heterocycles. The van der Waals surface area contributed by atoms with E-state index in [9.17, 15) is 19.8 Å². The van der Waals surface area contributed by atoms with Gasteiger partial charge in [-0.05, 0) is 57.0 Å². The maximum absolute atomic E-state index is 16.4. The first-order valence-electron chi connectivity index (χ1n) is 14.3. The predicted molar refractivity (Wildman–Crippen MR) is 166 cm³/mol. The van der Waals surface area contributed by atoms with Crippen molar-refractivity contribution < 1.29 is 38.1 Å². The number of phenols is 1. The molecule has 1 aromatic heterocycles. The highest BCUT2D eigenvalue weighted by molar-refractivity contribution is 6.00. The van der Waals surface area contributed by atoms with Gasteiger partial charge in [-0.1, -0.05) is 12.1 Å². The van der Waals surface area contributed by atoms with Crippen molar-refractivity contribution in [1.29, 1.82) is 5.41 Å². The monoisotopic (exact) mass is 639 g/mol. The van der Waals surface area contributed by atoms with Crippen LogP contribution in [0.3, 0.4) is 0 Å². The molecule has 0 spiro atoms. The molecular formula is C31H35F2N7O6. The van der Waals surface area contributed by atoms with E-state index in [0.717, 1.165) is 11.0 Å². The first-order valence-corrected chi connectivity index (χ1v) is 14.3. The topological polar surface area (TPSA) is 201 Å². The third-order valence-corrected chi connectivity index (χ3v) is 7.36. The number of carboxylic acid groups (broad SMARTS) is 1. The Morgan fingerprint density at radius 2 is 1.78 bits per heavy atom. The molecular weight excluding hydrogens is 604 g/mol. The predicted octanol–water partition coefficient (Wildman–Crippen LogP) is 3.95. The lowest BCUT2D eigenvalue weighted by molar-refractivity contribution is -0.142. The van der Waals surface area contributed by atoms with Crippen LogP contribution in [0.1, 0.15) is 44.2 Å². The largest absolute Gasteiger partial charge is 0.504 e. The minimum atomic E-state index is -1.88. The second kappa shape index (κ2) is 13.7. The van der Waals surface area contributed by atoms with E-state index in [0.29, 0.717) is 24.5 Å². The van der Waals surface area contributed by atoms with Crippen LogP contribution < -0.4 is 25.8 Å². The quantitative estimate of drug-likeness (QED) is 0.0977. The van der Waals surface area contributed by atoms with Gasteiger partial charge in [0.1, 0.15) is 28.6 Å². The second-order valence-corrected chi connectivity index (χ2v) is 11.1. The van der Waals surface area contributed by atoms with Crippen molar-refractivity contribution in [2.75, 3.05) is 31.6 Å². The fourth-order valence-electron chi connectivity index (χ4n) is 4.74.